The molecule has 0 bridgehead atoms. The molecular formula is C9H9Cl2N3S. The first kappa shape index (κ1) is 12.2. The normalized spacial score (nSPS) is 10.3. The number of thiocarbonyl (C=S) groups is 1. The first-order valence-electron chi connectivity index (χ1n) is 4.09. The fraction of sp³-hybridized carbons (Fsp3) is 0.111. The van der Waals surface area contributed by atoms with Gasteiger partial charge in [-0.15, -0.1) is 0 Å². The molecule has 1 aromatic rings. The van der Waals surface area contributed by atoms with Crippen molar-refractivity contribution in [2.75, 3.05) is 7.05 Å². The summed E-state index contributed by atoms with van der Waals surface area (Å²) in [6, 6.07) is 5.17. The Morgan fingerprint density at radius 3 is 2.80 bits per heavy atom. The fourth-order valence-electron chi connectivity index (χ4n) is 0.823. The van der Waals surface area contributed by atoms with Crippen molar-refractivity contribution in [3.63, 3.8) is 0 Å². The molecule has 0 radical (unpaired) electrons. The molecule has 15 heavy (non-hydrogen) atoms. The van der Waals surface area contributed by atoms with Crippen LogP contribution in [-0.2, 0) is 0 Å². The van der Waals surface area contributed by atoms with Crippen LogP contribution in [0.2, 0.25) is 10.0 Å². The maximum Gasteiger partial charge on any atom is 0.186 e. The van der Waals surface area contributed by atoms with E-state index in [4.69, 9.17) is 35.4 Å². The molecule has 0 spiro atoms. The minimum absolute atomic E-state index is 0.441. The summed E-state index contributed by atoms with van der Waals surface area (Å²) in [7, 11) is 1.71. The van der Waals surface area contributed by atoms with E-state index in [-0.39, 0.29) is 0 Å². The van der Waals surface area contributed by atoms with Crippen molar-refractivity contribution in [2.24, 2.45) is 5.10 Å². The molecule has 0 fully saturated rings. The third-order valence-electron chi connectivity index (χ3n) is 1.56. The first-order chi connectivity index (χ1) is 7.13. The van der Waals surface area contributed by atoms with Crippen LogP contribution in [0.4, 0.5) is 0 Å². The summed E-state index contributed by atoms with van der Waals surface area (Å²) in [5, 5.41) is 8.20. The van der Waals surface area contributed by atoms with Gasteiger partial charge in [-0.05, 0) is 24.4 Å². The molecular weight excluding hydrogens is 253 g/mol. The number of benzene rings is 1. The zero-order valence-electron chi connectivity index (χ0n) is 7.92. The maximum atomic E-state index is 5.93. The zero-order chi connectivity index (χ0) is 11.3. The summed E-state index contributed by atoms with van der Waals surface area (Å²) in [5.74, 6) is 0. The Balaban J connectivity index is 2.68. The van der Waals surface area contributed by atoms with Gasteiger partial charge in [0.15, 0.2) is 5.11 Å². The highest BCUT2D eigenvalue weighted by Gasteiger charge is 1.97. The lowest BCUT2D eigenvalue weighted by molar-refractivity contribution is 0.982. The highest BCUT2D eigenvalue weighted by atomic mass is 35.5. The number of halogens is 2. The van der Waals surface area contributed by atoms with E-state index < -0.39 is 0 Å². The van der Waals surface area contributed by atoms with Gasteiger partial charge in [-0.1, -0.05) is 29.3 Å². The van der Waals surface area contributed by atoms with Crippen molar-refractivity contribution in [3.05, 3.63) is 33.8 Å². The van der Waals surface area contributed by atoms with E-state index in [2.05, 4.69) is 15.8 Å². The van der Waals surface area contributed by atoms with Gasteiger partial charge in [0.1, 0.15) is 0 Å². The second-order valence-corrected chi connectivity index (χ2v) is 3.87. The minimum atomic E-state index is 0.441. The smallest absolute Gasteiger partial charge is 0.186 e. The summed E-state index contributed by atoms with van der Waals surface area (Å²) >= 11 is 16.5. The topological polar surface area (TPSA) is 36.4 Å². The first-order valence-corrected chi connectivity index (χ1v) is 5.25. The van der Waals surface area contributed by atoms with Crippen LogP contribution < -0.4 is 10.7 Å². The zero-order valence-corrected chi connectivity index (χ0v) is 10.2. The SMILES string of the molecule is CNC(=S)N/N=C/c1ccc(Cl)cc1Cl. The Morgan fingerprint density at radius 2 is 2.20 bits per heavy atom. The number of rotatable bonds is 2. The number of hydrazone groups is 1. The van der Waals surface area contributed by atoms with Gasteiger partial charge in [0, 0.05) is 17.6 Å². The molecule has 0 aliphatic heterocycles. The molecule has 0 atom stereocenters. The van der Waals surface area contributed by atoms with Crippen LogP contribution in [0.15, 0.2) is 23.3 Å². The molecule has 1 aromatic carbocycles. The lowest BCUT2D eigenvalue weighted by Crippen LogP contribution is -2.28. The van der Waals surface area contributed by atoms with Gasteiger partial charge in [0.25, 0.3) is 0 Å². The monoisotopic (exact) mass is 261 g/mol. The van der Waals surface area contributed by atoms with Crippen LogP contribution in [0.1, 0.15) is 5.56 Å². The van der Waals surface area contributed by atoms with E-state index in [1.165, 1.54) is 0 Å². The van der Waals surface area contributed by atoms with Crippen molar-refractivity contribution in [1.29, 1.82) is 0 Å². The summed E-state index contributed by atoms with van der Waals surface area (Å²) < 4.78 is 0. The van der Waals surface area contributed by atoms with E-state index in [0.29, 0.717) is 15.2 Å². The maximum absolute atomic E-state index is 5.93. The molecule has 80 valence electrons. The van der Waals surface area contributed by atoms with E-state index in [1.54, 1.807) is 31.5 Å². The molecule has 0 unspecified atom stereocenters. The number of hydrogen-bond acceptors (Lipinski definition) is 2. The largest absolute Gasteiger partial charge is 0.364 e. The van der Waals surface area contributed by atoms with Crippen LogP contribution in [-0.4, -0.2) is 18.4 Å². The van der Waals surface area contributed by atoms with Crippen LogP contribution in [0.3, 0.4) is 0 Å². The Kier molecular flexibility index (Phi) is 4.81. The molecule has 6 heteroatoms. The van der Waals surface area contributed by atoms with Gasteiger partial charge in [0.2, 0.25) is 0 Å². The molecule has 0 aromatic heterocycles. The summed E-state index contributed by atoms with van der Waals surface area (Å²) in [5.41, 5.74) is 3.39. The number of nitrogens with zero attached hydrogens (tertiary/aromatic N) is 1. The second-order valence-electron chi connectivity index (χ2n) is 2.61. The Hall–Kier alpha value is -0.840. The quantitative estimate of drug-likeness (QED) is 0.488. The third kappa shape index (κ3) is 4.03. The molecule has 2 N–H and O–H groups in total. The highest BCUT2D eigenvalue weighted by Crippen LogP contribution is 2.19. The average molecular weight is 262 g/mol. The Labute approximate surface area is 103 Å². The molecule has 0 aliphatic carbocycles. The van der Waals surface area contributed by atoms with Crippen molar-refractivity contribution in [2.45, 2.75) is 0 Å². The van der Waals surface area contributed by atoms with E-state index in [0.717, 1.165) is 5.56 Å². The fourth-order valence-corrected chi connectivity index (χ4v) is 1.33. The molecule has 0 saturated carbocycles. The van der Waals surface area contributed by atoms with Gasteiger partial charge in [0.05, 0.1) is 11.2 Å². The van der Waals surface area contributed by atoms with Crippen LogP contribution in [0, 0.1) is 0 Å². The van der Waals surface area contributed by atoms with E-state index in [9.17, 15) is 0 Å². The van der Waals surface area contributed by atoms with Gasteiger partial charge < -0.3 is 5.32 Å². The van der Waals surface area contributed by atoms with Crippen molar-refractivity contribution in [1.82, 2.24) is 10.7 Å². The third-order valence-corrected chi connectivity index (χ3v) is 2.42. The van der Waals surface area contributed by atoms with Crippen molar-refractivity contribution < 1.29 is 0 Å². The van der Waals surface area contributed by atoms with E-state index in [1.807, 2.05) is 0 Å². The molecule has 0 amide bonds. The molecule has 1 rings (SSSR count). The average Bonchev–Trinajstić information content (AvgIpc) is 2.21. The van der Waals surface area contributed by atoms with E-state index >= 15 is 0 Å². The summed E-state index contributed by atoms with van der Waals surface area (Å²) in [4.78, 5) is 0. The standard InChI is InChI=1S/C9H9Cl2N3S/c1-12-9(15)14-13-5-6-2-3-7(10)4-8(6)11/h2-5H,1H3,(H2,12,14,15)/b13-5+. The van der Waals surface area contributed by atoms with Crippen molar-refractivity contribution in [3.8, 4) is 0 Å². The predicted molar refractivity (Wildman–Crippen MR) is 68.8 cm³/mol. The summed E-state index contributed by atoms with van der Waals surface area (Å²) in [6.45, 7) is 0. The van der Waals surface area contributed by atoms with Gasteiger partial charge in [-0.3, -0.25) is 5.43 Å². The van der Waals surface area contributed by atoms with Crippen LogP contribution >= 0.6 is 35.4 Å². The Morgan fingerprint density at radius 1 is 1.47 bits per heavy atom. The predicted octanol–water partition coefficient (Wildman–Crippen LogP) is 2.42. The molecule has 0 heterocycles. The lowest BCUT2D eigenvalue weighted by Gasteiger charge is -2.01. The highest BCUT2D eigenvalue weighted by molar-refractivity contribution is 7.80. The molecule has 3 nitrogen and oxygen atoms in total. The molecule has 0 aliphatic rings. The minimum Gasteiger partial charge on any atom is -0.364 e. The van der Waals surface area contributed by atoms with Crippen LogP contribution in [0.25, 0.3) is 0 Å². The lowest BCUT2D eigenvalue weighted by atomic mass is 10.2. The van der Waals surface area contributed by atoms with Gasteiger partial charge >= 0.3 is 0 Å². The number of hydrogen-bond donors (Lipinski definition) is 2. The Bertz CT molecular complexity index is 393. The molecule has 0 saturated heterocycles. The van der Waals surface area contributed by atoms with Gasteiger partial charge in [-0.25, -0.2) is 0 Å². The second kappa shape index (κ2) is 5.90. The van der Waals surface area contributed by atoms with Crippen molar-refractivity contribution >= 4 is 46.7 Å². The van der Waals surface area contributed by atoms with Crippen LogP contribution in [0.5, 0.6) is 0 Å². The number of nitrogens with one attached hydrogen (secondary N) is 2. The summed E-state index contributed by atoms with van der Waals surface area (Å²) in [6.07, 6.45) is 1.57. The van der Waals surface area contributed by atoms with Gasteiger partial charge in [-0.2, -0.15) is 5.10 Å².